The lowest BCUT2D eigenvalue weighted by molar-refractivity contribution is -0.138. The van der Waals surface area contributed by atoms with Gasteiger partial charge < -0.3 is 9.64 Å². The first-order valence-electron chi connectivity index (χ1n) is 6.67. The van der Waals surface area contributed by atoms with Gasteiger partial charge in [0.05, 0.1) is 6.10 Å². The van der Waals surface area contributed by atoms with Gasteiger partial charge in [-0.15, -0.1) is 0 Å². The number of hydrogen-bond acceptors (Lipinski definition) is 2. The van der Waals surface area contributed by atoms with Gasteiger partial charge in [-0.05, 0) is 25.7 Å². The van der Waals surface area contributed by atoms with Crippen molar-refractivity contribution >= 4 is 5.91 Å². The average Bonchev–Trinajstić information content (AvgIpc) is 2.78. The van der Waals surface area contributed by atoms with Gasteiger partial charge in [0, 0.05) is 13.1 Å². The molecule has 1 aliphatic carbocycles. The molecule has 0 atom stereocenters. The lowest BCUT2D eigenvalue weighted by Crippen LogP contribution is -2.36. The zero-order chi connectivity index (χ0) is 11.8. The maximum absolute atomic E-state index is 11.9. The second-order valence-corrected chi connectivity index (χ2v) is 4.60. The van der Waals surface area contributed by atoms with Crippen molar-refractivity contribution in [2.75, 3.05) is 19.7 Å². The Morgan fingerprint density at radius 1 is 1.19 bits per heavy atom. The molecule has 1 fully saturated rings. The highest BCUT2D eigenvalue weighted by Gasteiger charge is 2.18. The zero-order valence-electron chi connectivity index (χ0n) is 10.7. The van der Waals surface area contributed by atoms with E-state index < -0.39 is 0 Å². The Balaban J connectivity index is 2.24. The second kappa shape index (κ2) is 7.66. The van der Waals surface area contributed by atoms with Gasteiger partial charge in [-0.2, -0.15) is 0 Å². The second-order valence-electron chi connectivity index (χ2n) is 4.60. The van der Waals surface area contributed by atoms with Crippen LogP contribution in [0.15, 0.2) is 0 Å². The molecule has 0 aromatic heterocycles. The molecule has 1 saturated carbocycles. The summed E-state index contributed by atoms with van der Waals surface area (Å²) in [7, 11) is 0. The Bertz CT molecular complexity index is 194. The molecule has 0 radical (unpaired) electrons. The van der Waals surface area contributed by atoms with Crippen molar-refractivity contribution in [1.82, 2.24) is 4.90 Å². The van der Waals surface area contributed by atoms with Gasteiger partial charge in [0.2, 0.25) is 5.91 Å². The fourth-order valence-electron chi connectivity index (χ4n) is 2.24. The van der Waals surface area contributed by atoms with E-state index >= 15 is 0 Å². The van der Waals surface area contributed by atoms with Crippen LogP contribution >= 0.6 is 0 Å². The molecule has 1 rings (SSSR count). The van der Waals surface area contributed by atoms with E-state index in [0.29, 0.717) is 6.10 Å². The predicted molar refractivity (Wildman–Crippen MR) is 65.4 cm³/mol. The first-order chi connectivity index (χ1) is 7.77. The molecule has 1 amide bonds. The summed E-state index contributed by atoms with van der Waals surface area (Å²) < 4.78 is 5.65. The molecular formula is C13H25NO2. The molecule has 0 heterocycles. The Labute approximate surface area is 99.1 Å². The predicted octanol–water partition coefficient (Wildman–Crippen LogP) is 2.59. The van der Waals surface area contributed by atoms with E-state index in [1.54, 1.807) is 0 Å². The van der Waals surface area contributed by atoms with Crippen molar-refractivity contribution in [3.8, 4) is 0 Å². The van der Waals surface area contributed by atoms with Crippen LogP contribution < -0.4 is 0 Å². The fraction of sp³-hybridized carbons (Fsp3) is 0.923. The summed E-state index contributed by atoms with van der Waals surface area (Å²) in [5, 5.41) is 0. The number of hydrogen-bond donors (Lipinski definition) is 0. The molecule has 0 aromatic rings. The van der Waals surface area contributed by atoms with Crippen molar-refractivity contribution in [3.05, 3.63) is 0 Å². The molecule has 3 nitrogen and oxygen atoms in total. The number of rotatable bonds is 7. The lowest BCUT2D eigenvalue weighted by atomic mass is 10.3. The third kappa shape index (κ3) is 4.52. The van der Waals surface area contributed by atoms with Crippen LogP contribution in [0, 0.1) is 0 Å². The molecule has 94 valence electrons. The smallest absolute Gasteiger partial charge is 0.248 e. The highest BCUT2D eigenvalue weighted by atomic mass is 16.5. The highest BCUT2D eigenvalue weighted by Crippen LogP contribution is 2.20. The van der Waals surface area contributed by atoms with E-state index in [0.717, 1.165) is 38.8 Å². The summed E-state index contributed by atoms with van der Waals surface area (Å²) in [5.41, 5.74) is 0. The Kier molecular flexibility index (Phi) is 6.46. The molecule has 1 aliphatic rings. The van der Waals surface area contributed by atoms with E-state index in [1.807, 2.05) is 4.90 Å². The zero-order valence-corrected chi connectivity index (χ0v) is 10.7. The number of nitrogens with zero attached hydrogens (tertiary/aromatic N) is 1. The fourth-order valence-corrected chi connectivity index (χ4v) is 2.24. The topological polar surface area (TPSA) is 29.5 Å². The quantitative estimate of drug-likeness (QED) is 0.669. The molecular weight excluding hydrogens is 202 g/mol. The monoisotopic (exact) mass is 227 g/mol. The van der Waals surface area contributed by atoms with Gasteiger partial charge >= 0.3 is 0 Å². The van der Waals surface area contributed by atoms with Crippen LogP contribution in [0.2, 0.25) is 0 Å². The number of carbonyl (C=O) groups excluding carboxylic acids is 1. The van der Waals surface area contributed by atoms with Crippen LogP contribution in [0.1, 0.15) is 52.4 Å². The molecule has 0 N–H and O–H groups in total. The number of amides is 1. The van der Waals surface area contributed by atoms with E-state index in [-0.39, 0.29) is 12.5 Å². The summed E-state index contributed by atoms with van der Waals surface area (Å²) >= 11 is 0. The summed E-state index contributed by atoms with van der Waals surface area (Å²) in [4.78, 5) is 13.8. The van der Waals surface area contributed by atoms with E-state index in [1.165, 1.54) is 12.8 Å². The largest absolute Gasteiger partial charge is 0.368 e. The van der Waals surface area contributed by atoms with Crippen molar-refractivity contribution in [3.63, 3.8) is 0 Å². The summed E-state index contributed by atoms with van der Waals surface area (Å²) in [6.07, 6.45) is 7.17. The third-order valence-corrected chi connectivity index (χ3v) is 3.08. The minimum absolute atomic E-state index is 0.163. The Morgan fingerprint density at radius 2 is 1.75 bits per heavy atom. The van der Waals surface area contributed by atoms with Crippen molar-refractivity contribution in [2.45, 2.75) is 58.5 Å². The number of ether oxygens (including phenoxy) is 1. The van der Waals surface area contributed by atoms with Crippen molar-refractivity contribution in [1.29, 1.82) is 0 Å². The van der Waals surface area contributed by atoms with Gasteiger partial charge in [0.15, 0.2) is 0 Å². The standard InChI is InChI=1S/C13H25NO2/c1-3-9-14(10-4-2)13(15)11-16-12-7-5-6-8-12/h12H,3-11H2,1-2H3. The van der Waals surface area contributed by atoms with Crippen LogP contribution in [-0.2, 0) is 9.53 Å². The van der Waals surface area contributed by atoms with Gasteiger partial charge in [0.25, 0.3) is 0 Å². The van der Waals surface area contributed by atoms with Crippen molar-refractivity contribution in [2.24, 2.45) is 0 Å². The van der Waals surface area contributed by atoms with E-state index in [2.05, 4.69) is 13.8 Å². The molecule has 0 unspecified atom stereocenters. The molecule has 0 saturated heterocycles. The maximum Gasteiger partial charge on any atom is 0.248 e. The van der Waals surface area contributed by atoms with Crippen LogP contribution in [0.4, 0.5) is 0 Å². The van der Waals surface area contributed by atoms with E-state index in [4.69, 9.17) is 4.74 Å². The normalized spacial score (nSPS) is 16.6. The Morgan fingerprint density at radius 3 is 2.25 bits per heavy atom. The molecule has 0 aliphatic heterocycles. The number of carbonyl (C=O) groups is 1. The highest BCUT2D eigenvalue weighted by molar-refractivity contribution is 5.77. The van der Waals surface area contributed by atoms with Gasteiger partial charge in [-0.25, -0.2) is 0 Å². The van der Waals surface area contributed by atoms with Crippen LogP contribution in [0.3, 0.4) is 0 Å². The first kappa shape index (κ1) is 13.5. The van der Waals surface area contributed by atoms with Crippen LogP contribution in [-0.4, -0.2) is 36.6 Å². The minimum atomic E-state index is 0.163. The maximum atomic E-state index is 11.9. The molecule has 0 aromatic carbocycles. The molecule has 3 heteroatoms. The van der Waals surface area contributed by atoms with Gasteiger partial charge in [-0.3, -0.25) is 4.79 Å². The minimum Gasteiger partial charge on any atom is -0.368 e. The van der Waals surface area contributed by atoms with Crippen LogP contribution in [0.25, 0.3) is 0 Å². The van der Waals surface area contributed by atoms with E-state index in [9.17, 15) is 4.79 Å². The van der Waals surface area contributed by atoms with Crippen LogP contribution in [0.5, 0.6) is 0 Å². The molecule has 16 heavy (non-hydrogen) atoms. The first-order valence-corrected chi connectivity index (χ1v) is 6.67. The Hall–Kier alpha value is -0.570. The summed E-state index contributed by atoms with van der Waals surface area (Å²) in [5.74, 6) is 0.163. The lowest BCUT2D eigenvalue weighted by Gasteiger charge is -2.22. The van der Waals surface area contributed by atoms with Crippen molar-refractivity contribution < 1.29 is 9.53 Å². The van der Waals surface area contributed by atoms with Gasteiger partial charge in [-0.1, -0.05) is 26.7 Å². The molecule has 0 spiro atoms. The SMILES string of the molecule is CCCN(CCC)C(=O)COC1CCCC1. The summed E-state index contributed by atoms with van der Waals surface area (Å²) in [6, 6.07) is 0. The van der Waals surface area contributed by atoms with Gasteiger partial charge in [0.1, 0.15) is 6.61 Å². The molecule has 0 bridgehead atoms. The average molecular weight is 227 g/mol. The third-order valence-electron chi connectivity index (χ3n) is 3.08. The summed E-state index contributed by atoms with van der Waals surface area (Å²) in [6.45, 7) is 6.22.